The molecule has 1 aliphatic rings. The highest BCUT2D eigenvalue weighted by Crippen LogP contribution is 2.31. The maximum absolute atomic E-state index is 11.5. The molecule has 24 heavy (non-hydrogen) atoms. The zero-order valence-corrected chi connectivity index (χ0v) is 15.7. The minimum absolute atomic E-state index is 0.0565. The van der Waals surface area contributed by atoms with Crippen molar-refractivity contribution in [3.05, 3.63) is 39.9 Å². The zero-order chi connectivity index (χ0) is 17.3. The molecule has 0 bridgehead atoms. The third-order valence-electron chi connectivity index (χ3n) is 3.92. The van der Waals surface area contributed by atoms with Gasteiger partial charge in [-0.3, -0.25) is 4.90 Å². The number of halogens is 1. The number of ether oxygens (including phenoxy) is 1. The van der Waals surface area contributed by atoms with Gasteiger partial charge in [0.05, 0.1) is 19.3 Å². The van der Waals surface area contributed by atoms with Crippen LogP contribution in [0.3, 0.4) is 0 Å². The first kappa shape index (κ1) is 17.8. The van der Waals surface area contributed by atoms with Gasteiger partial charge in [0.2, 0.25) is 14.2 Å². The van der Waals surface area contributed by atoms with Crippen molar-refractivity contribution in [3.63, 3.8) is 0 Å². The van der Waals surface area contributed by atoms with Crippen LogP contribution in [0.15, 0.2) is 28.6 Å². The maximum atomic E-state index is 11.5. The van der Waals surface area contributed by atoms with Crippen LogP contribution in [-0.4, -0.2) is 49.0 Å². The molecule has 2 atom stereocenters. The summed E-state index contributed by atoms with van der Waals surface area (Å²) in [6.45, 7) is 3.85. The van der Waals surface area contributed by atoms with Crippen molar-refractivity contribution in [2.45, 2.75) is 30.0 Å². The minimum Gasteiger partial charge on any atom is -0.371 e. The van der Waals surface area contributed by atoms with E-state index in [1.54, 1.807) is 0 Å². The van der Waals surface area contributed by atoms with Crippen LogP contribution in [-0.2, 0) is 21.1 Å². The maximum Gasteiger partial charge on any atom is 0.232 e. The van der Waals surface area contributed by atoms with Crippen LogP contribution in [0.5, 0.6) is 0 Å². The molecule has 6 nitrogen and oxygen atoms in total. The average molecular weight is 388 g/mol. The molecule has 9 heteroatoms. The Morgan fingerprint density at radius 1 is 1.38 bits per heavy atom. The largest absolute Gasteiger partial charge is 0.371 e. The van der Waals surface area contributed by atoms with Crippen molar-refractivity contribution >= 4 is 32.8 Å². The van der Waals surface area contributed by atoms with Crippen molar-refractivity contribution in [3.8, 4) is 0 Å². The van der Waals surface area contributed by atoms with Crippen LogP contribution in [0.1, 0.15) is 23.6 Å². The Balaban J connectivity index is 1.75. The summed E-state index contributed by atoms with van der Waals surface area (Å²) < 4.78 is 29.1. The summed E-state index contributed by atoms with van der Waals surface area (Å²) in [7, 11) is -3.31. The Labute approximate surface area is 150 Å². The third kappa shape index (κ3) is 3.94. The normalized spacial score (nSPS) is 22.6. The molecule has 0 N–H and O–H groups in total. The molecular formula is C15H18ClN3O3S2. The predicted octanol–water partition coefficient (Wildman–Crippen LogP) is 2.56. The minimum atomic E-state index is -3.31. The molecule has 1 saturated heterocycles. The van der Waals surface area contributed by atoms with Gasteiger partial charge in [-0.05, 0) is 13.0 Å². The van der Waals surface area contributed by atoms with Crippen LogP contribution in [0.2, 0.25) is 5.02 Å². The Kier molecular flexibility index (Phi) is 5.22. The Bertz CT molecular complexity index is 825. The number of rotatable bonds is 4. The van der Waals surface area contributed by atoms with Crippen molar-refractivity contribution in [2.24, 2.45) is 0 Å². The van der Waals surface area contributed by atoms with E-state index in [0.29, 0.717) is 29.7 Å². The lowest BCUT2D eigenvalue weighted by Crippen LogP contribution is -2.44. The van der Waals surface area contributed by atoms with Gasteiger partial charge in [0.25, 0.3) is 0 Å². The molecule has 0 aliphatic carbocycles. The standard InChI is InChI=1S/C15H18ClN3O3S2/c1-10-9-22-13(11-5-3-4-6-12(11)16)7-19(10)8-14-17-18-15(23-14)24(2,20)21/h3-6,10,13H,7-9H2,1-2H3/t10-,13+/m0/s1. The monoisotopic (exact) mass is 387 g/mol. The molecule has 0 unspecified atom stereocenters. The van der Waals surface area contributed by atoms with E-state index in [-0.39, 0.29) is 16.5 Å². The first-order chi connectivity index (χ1) is 11.3. The molecule has 1 aromatic carbocycles. The number of aromatic nitrogens is 2. The summed E-state index contributed by atoms with van der Waals surface area (Å²) in [5.41, 5.74) is 0.963. The zero-order valence-electron chi connectivity index (χ0n) is 13.3. The van der Waals surface area contributed by atoms with Gasteiger partial charge in [0.1, 0.15) is 5.01 Å². The second-order valence-electron chi connectivity index (χ2n) is 5.86. The lowest BCUT2D eigenvalue weighted by atomic mass is 10.1. The van der Waals surface area contributed by atoms with E-state index >= 15 is 0 Å². The van der Waals surface area contributed by atoms with Gasteiger partial charge in [-0.25, -0.2) is 8.42 Å². The van der Waals surface area contributed by atoms with Crippen LogP contribution in [0.4, 0.5) is 0 Å². The third-order valence-corrected chi connectivity index (χ3v) is 6.84. The molecule has 0 saturated carbocycles. The Morgan fingerprint density at radius 2 is 2.12 bits per heavy atom. The molecular weight excluding hydrogens is 370 g/mol. The van der Waals surface area contributed by atoms with Gasteiger partial charge in [0.15, 0.2) is 0 Å². The van der Waals surface area contributed by atoms with E-state index in [1.165, 1.54) is 0 Å². The van der Waals surface area contributed by atoms with Gasteiger partial charge in [-0.2, -0.15) is 0 Å². The molecule has 1 aromatic heterocycles. The van der Waals surface area contributed by atoms with Crippen LogP contribution >= 0.6 is 22.9 Å². The summed E-state index contributed by atoms with van der Waals surface area (Å²) in [5.74, 6) is 0. The Hall–Kier alpha value is -1.06. The fraction of sp³-hybridized carbons (Fsp3) is 0.467. The highest BCUT2D eigenvalue weighted by molar-refractivity contribution is 7.92. The highest BCUT2D eigenvalue weighted by atomic mass is 35.5. The van der Waals surface area contributed by atoms with E-state index in [2.05, 4.69) is 22.0 Å². The molecule has 0 amide bonds. The summed E-state index contributed by atoms with van der Waals surface area (Å²) >= 11 is 7.39. The number of benzene rings is 1. The van der Waals surface area contributed by atoms with Crippen molar-refractivity contribution in [1.82, 2.24) is 15.1 Å². The van der Waals surface area contributed by atoms with E-state index in [9.17, 15) is 8.42 Å². The van der Waals surface area contributed by atoms with E-state index < -0.39 is 9.84 Å². The topological polar surface area (TPSA) is 72.4 Å². The summed E-state index contributed by atoms with van der Waals surface area (Å²) in [4.78, 5) is 2.21. The Morgan fingerprint density at radius 3 is 2.79 bits per heavy atom. The number of hydrogen-bond donors (Lipinski definition) is 0. The van der Waals surface area contributed by atoms with E-state index in [0.717, 1.165) is 23.2 Å². The molecule has 1 aliphatic heterocycles. The average Bonchev–Trinajstić information content (AvgIpc) is 2.99. The summed E-state index contributed by atoms with van der Waals surface area (Å²) in [5, 5.41) is 9.15. The van der Waals surface area contributed by atoms with E-state index in [4.69, 9.17) is 16.3 Å². The number of nitrogens with zero attached hydrogens (tertiary/aromatic N) is 3. The highest BCUT2D eigenvalue weighted by Gasteiger charge is 2.29. The van der Waals surface area contributed by atoms with Gasteiger partial charge in [0, 0.05) is 29.4 Å². The van der Waals surface area contributed by atoms with Crippen LogP contribution in [0.25, 0.3) is 0 Å². The lowest BCUT2D eigenvalue weighted by Gasteiger charge is -2.37. The fourth-order valence-electron chi connectivity index (χ4n) is 2.58. The number of hydrogen-bond acceptors (Lipinski definition) is 7. The summed E-state index contributed by atoms with van der Waals surface area (Å²) in [6, 6.07) is 7.85. The number of sulfone groups is 1. The van der Waals surface area contributed by atoms with Crippen molar-refractivity contribution in [2.75, 3.05) is 19.4 Å². The van der Waals surface area contributed by atoms with Crippen LogP contribution in [0, 0.1) is 0 Å². The molecule has 2 aromatic rings. The fourth-order valence-corrected chi connectivity index (χ4v) is 4.51. The second kappa shape index (κ2) is 7.05. The predicted molar refractivity (Wildman–Crippen MR) is 93.0 cm³/mol. The quantitative estimate of drug-likeness (QED) is 0.802. The smallest absolute Gasteiger partial charge is 0.232 e. The molecule has 0 spiro atoms. The SMILES string of the molecule is C[C@H]1CO[C@@H](c2ccccc2Cl)CN1Cc1nnc(S(C)(=O)=O)s1. The van der Waals surface area contributed by atoms with Crippen molar-refractivity contribution < 1.29 is 13.2 Å². The molecule has 130 valence electrons. The molecule has 0 radical (unpaired) electrons. The second-order valence-corrected chi connectivity index (χ2v) is 9.51. The van der Waals surface area contributed by atoms with Gasteiger partial charge in [-0.15, -0.1) is 10.2 Å². The lowest BCUT2D eigenvalue weighted by molar-refractivity contribution is -0.0633. The van der Waals surface area contributed by atoms with Crippen molar-refractivity contribution in [1.29, 1.82) is 0 Å². The molecule has 2 heterocycles. The van der Waals surface area contributed by atoms with Gasteiger partial charge in [-0.1, -0.05) is 41.1 Å². The first-order valence-corrected chi connectivity index (χ1v) is 10.6. The van der Waals surface area contributed by atoms with Gasteiger partial charge >= 0.3 is 0 Å². The first-order valence-electron chi connectivity index (χ1n) is 7.47. The molecule has 3 rings (SSSR count). The van der Waals surface area contributed by atoms with E-state index in [1.807, 2.05) is 24.3 Å². The van der Waals surface area contributed by atoms with Crippen LogP contribution < -0.4 is 0 Å². The molecule has 1 fully saturated rings. The number of morpholine rings is 1. The summed E-state index contributed by atoms with van der Waals surface area (Å²) in [6.07, 6.45) is 1.03. The van der Waals surface area contributed by atoms with Gasteiger partial charge < -0.3 is 4.74 Å².